The van der Waals surface area contributed by atoms with Gasteiger partial charge < -0.3 is 19.7 Å². The Morgan fingerprint density at radius 2 is 2.00 bits per heavy atom. The van der Waals surface area contributed by atoms with Crippen molar-refractivity contribution in [3.63, 3.8) is 0 Å². The number of hydrogen-bond donors (Lipinski definition) is 1. The number of amides is 2. The summed E-state index contributed by atoms with van der Waals surface area (Å²) in [7, 11) is 1.59. The van der Waals surface area contributed by atoms with Crippen LogP contribution in [0, 0.1) is 0 Å². The SMILES string of the molecule is COc1ccc(CNC(=O)[C@H](C)OC(=O)[C@@H]2CCCN2C(=O)c2cccs2)cc1. The number of nitrogens with one attached hydrogen (secondary N) is 1. The van der Waals surface area contributed by atoms with Crippen LogP contribution in [0.4, 0.5) is 0 Å². The largest absolute Gasteiger partial charge is 0.497 e. The molecule has 1 saturated heterocycles. The second-order valence-electron chi connectivity index (χ2n) is 6.78. The maximum absolute atomic E-state index is 12.6. The van der Waals surface area contributed by atoms with E-state index in [2.05, 4.69) is 5.32 Å². The molecule has 0 radical (unpaired) electrons. The van der Waals surface area contributed by atoms with Gasteiger partial charge in [-0.2, -0.15) is 0 Å². The van der Waals surface area contributed by atoms with Gasteiger partial charge in [-0.25, -0.2) is 4.79 Å². The number of nitrogens with zero attached hydrogens (tertiary/aromatic N) is 1. The molecule has 0 aliphatic carbocycles. The van der Waals surface area contributed by atoms with Crippen LogP contribution in [0.5, 0.6) is 5.75 Å². The second kappa shape index (κ2) is 9.56. The van der Waals surface area contributed by atoms with E-state index in [9.17, 15) is 14.4 Å². The van der Waals surface area contributed by atoms with Crippen LogP contribution in [-0.2, 0) is 20.9 Å². The van der Waals surface area contributed by atoms with E-state index >= 15 is 0 Å². The van der Waals surface area contributed by atoms with Crippen LogP contribution < -0.4 is 10.1 Å². The second-order valence-corrected chi connectivity index (χ2v) is 7.73. The highest BCUT2D eigenvalue weighted by Crippen LogP contribution is 2.23. The van der Waals surface area contributed by atoms with Gasteiger partial charge in [0.1, 0.15) is 11.8 Å². The predicted octanol–water partition coefficient (Wildman–Crippen LogP) is 2.61. The zero-order valence-corrected chi connectivity index (χ0v) is 17.2. The zero-order valence-electron chi connectivity index (χ0n) is 16.4. The molecule has 0 bridgehead atoms. The van der Waals surface area contributed by atoms with E-state index in [1.165, 1.54) is 23.2 Å². The third-order valence-corrected chi connectivity index (χ3v) is 5.66. The van der Waals surface area contributed by atoms with Crippen molar-refractivity contribution in [2.45, 2.75) is 38.5 Å². The molecular formula is C21H24N2O5S. The molecule has 0 saturated carbocycles. The van der Waals surface area contributed by atoms with Crippen LogP contribution in [0.2, 0.25) is 0 Å². The van der Waals surface area contributed by atoms with E-state index in [0.29, 0.717) is 24.4 Å². The van der Waals surface area contributed by atoms with Gasteiger partial charge in [-0.3, -0.25) is 9.59 Å². The number of likely N-dealkylation sites (tertiary alicyclic amines) is 1. The number of benzene rings is 1. The molecule has 7 nitrogen and oxygen atoms in total. The molecule has 1 aromatic heterocycles. The number of thiophene rings is 1. The van der Waals surface area contributed by atoms with E-state index in [4.69, 9.17) is 9.47 Å². The van der Waals surface area contributed by atoms with E-state index < -0.39 is 18.1 Å². The first kappa shape index (κ1) is 20.9. The summed E-state index contributed by atoms with van der Waals surface area (Å²) >= 11 is 1.34. The summed E-state index contributed by atoms with van der Waals surface area (Å²) in [4.78, 5) is 39.6. The molecule has 1 aliphatic heterocycles. The Labute approximate surface area is 173 Å². The van der Waals surface area contributed by atoms with Gasteiger partial charge in [-0.05, 0) is 48.9 Å². The lowest BCUT2D eigenvalue weighted by Gasteiger charge is -2.24. The predicted molar refractivity (Wildman–Crippen MR) is 109 cm³/mol. The molecule has 8 heteroatoms. The summed E-state index contributed by atoms with van der Waals surface area (Å²) in [5, 5.41) is 4.58. The fourth-order valence-corrected chi connectivity index (χ4v) is 3.86. The number of ether oxygens (including phenoxy) is 2. The first-order valence-electron chi connectivity index (χ1n) is 9.45. The fraction of sp³-hybridized carbons (Fsp3) is 0.381. The van der Waals surface area contributed by atoms with Gasteiger partial charge in [0, 0.05) is 13.1 Å². The molecule has 3 rings (SSSR count). The number of rotatable bonds is 7. The van der Waals surface area contributed by atoms with Gasteiger partial charge in [0.25, 0.3) is 11.8 Å². The molecule has 154 valence electrons. The average molecular weight is 416 g/mol. The Morgan fingerprint density at radius 1 is 1.24 bits per heavy atom. The van der Waals surface area contributed by atoms with Gasteiger partial charge in [-0.15, -0.1) is 11.3 Å². The number of esters is 1. The number of carbonyl (C=O) groups is 3. The van der Waals surface area contributed by atoms with Crippen molar-refractivity contribution in [2.24, 2.45) is 0 Å². The third kappa shape index (κ3) is 5.14. The molecule has 2 amide bonds. The standard InChI is InChI=1S/C21H24N2O5S/c1-14(19(24)22-13-15-7-9-16(27-2)10-8-15)28-21(26)17-5-3-11-23(17)20(25)18-6-4-12-29-18/h4,6-10,12,14,17H,3,5,11,13H2,1-2H3,(H,22,24)/t14-,17-/m0/s1. The molecule has 0 spiro atoms. The number of methoxy groups -OCH3 is 1. The lowest BCUT2D eigenvalue weighted by molar-refractivity contribution is -0.158. The minimum atomic E-state index is -0.944. The Kier molecular flexibility index (Phi) is 6.87. The summed E-state index contributed by atoms with van der Waals surface area (Å²) in [5.74, 6) is -0.362. The van der Waals surface area contributed by atoms with Crippen LogP contribution in [0.1, 0.15) is 35.0 Å². The van der Waals surface area contributed by atoms with Crippen LogP contribution in [0.15, 0.2) is 41.8 Å². The summed E-state index contributed by atoms with van der Waals surface area (Å²) in [5.41, 5.74) is 0.904. The summed E-state index contributed by atoms with van der Waals surface area (Å²) in [6.45, 7) is 2.35. The van der Waals surface area contributed by atoms with Crippen LogP contribution in [0.25, 0.3) is 0 Å². The first-order chi connectivity index (χ1) is 14.0. The summed E-state index contributed by atoms with van der Waals surface area (Å²) in [6, 6.07) is 10.2. The Bertz CT molecular complexity index is 850. The van der Waals surface area contributed by atoms with Crippen LogP contribution in [0.3, 0.4) is 0 Å². The molecule has 0 unspecified atom stereocenters. The van der Waals surface area contributed by atoms with Gasteiger partial charge in [-0.1, -0.05) is 18.2 Å². The Balaban J connectivity index is 1.52. The van der Waals surface area contributed by atoms with Crippen molar-refractivity contribution in [1.29, 1.82) is 0 Å². The monoisotopic (exact) mass is 416 g/mol. The molecule has 1 aliphatic rings. The third-order valence-electron chi connectivity index (χ3n) is 4.81. The molecule has 2 atom stereocenters. The fourth-order valence-electron chi connectivity index (χ4n) is 3.18. The maximum atomic E-state index is 12.6. The van der Waals surface area contributed by atoms with Crippen molar-refractivity contribution in [3.8, 4) is 5.75 Å². The maximum Gasteiger partial charge on any atom is 0.329 e. The van der Waals surface area contributed by atoms with Gasteiger partial charge in [0.15, 0.2) is 6.10 Å². The highest BCUT2D eigenvalue weighted by atomic mass is 32.1. The number of carbonyl (C=O) groups excluding carboxylic acids is 3. The van der Waals surface area contributed by atoms with E-state index in [1.807, 2.05) is 29.6 Å². The number of hydrogen-bond acceptors (Lipinski definition) is 6. The molecule has 1 aromatic carbocycles. The smallest absolute Gasteiger partial charge is 0.329 e. The Morgan fingerprint density at radius 3 is 2.66 bits per heavy atom. The van der Waals surface area contributed by atoms with E-state index in [-0.39, 0.29) is 11.8 Å². The molecule has 1 N–H and O–H groups in total. The normalized spacial score (nSPS) is 16.9. The minimum absolute atomic E-state index is 0.170. The highest BCUT2D eigenvalue weighted by molar-refractivity contribution is 7.12. The molecule has 1 fully saturated rings. The van der Waals surface area contributed by atoms with Crippen molar-refractivity contribution in [1.82, 2.24) is 10.2 Å². The quantitative estimate of drug-likeness (QED) is 0.702. The minimum Gasteiger partial charge on any atom is -0.497 e. The lowest BCUT2D eigenvalue weighted by atomic mass is 10.2. The summed E-state index contributed by atoms with van der Waals surface area (Å²) < 4.78 is 10.5. The van der Waals surface area contributed by atoms with Crippen molar-refractivity contribution in [2.75, 3.05) is 13.7 Å². The van der Waals surface area contributed by atoms with Gasteiger partial charge in [0.05, 0.1) is 12.0 Å². The van der Waals surface area contributed by atoms with Gasteiger partial charge in [0.2, 0.25) is 0 Å². The first-order valence-corrected chi connectivity index (χ1v) is 10.3. The lowest BCUT2D eigenvalue weighted by Crippen LogP contribution is -2.44. The summed E-state index contributed by atoms with van der Waals surface area (Å²) in [6.07, 6.45) is 0.325. The van der Waals surface area contributed by atoms with Crippen molar-refractivity contribution >= 4 is 29.1 Å². The van der Waals surface area contributed by atoms with Gasteiger partial charge >= 0.3 is 5.97 Å². The molecule has 29 heavy (non-hydrogen) atoms. The molecular weight excluding hydrogens is 392 g/mol. The van der Waals surface area contributed by atoms with Crippen molar-refractivity contribution in [3.05, 3.63) is 52.2 Å². The average Bonchev–Trinajstić information content (AvgIpc) is 3.44. The topological polar surface area (TPSA) is 84.9 Å². The highest BCUT2D eigenvalue weighted by Gasteiger charge is 2.37. The molecule has 2 heterocycles. The molecule has 2 aromatic rings. The van der Waals surface area contributed by atoms with Crippen molar-refractivity contribution < 1.29 is 23.9 Å². The van der Waals surface area contributed by atoms with Crippen LogP contribution >= 0.6 is 11.3 Å². The van der Waals surface area contributed by atoms with E-state index in [1.54, 1.807) is 19.2 Å². The van der Waals surface area contributed by atoms with Crippen LogP contribution in [-0.4, -0.2) is 48.5 Å². The Hall–Kier alpha value is -2.87. The zero-order chi connectivity index (χ0) is 20.8. The van der Waals surface area contributed by atoms with E-state index in [0.717, 1.165) is 17.7 Å².